The van der Waals surface area contributed by atoms with E-state index >= 15 is 0 Å². The van der Waals surface area contributed by atoms with E-state index in [0.29, 0.717) is 23.3 Å². The third kappa shape index (κ3) is 7.63. The molecule has 0 fully saturated rings. The van der Waals surface area contributed by atoms with Gasteiger partial charge in [0.05, 0.1) is 11.4 Å². The van der Waals surface area contributed by atoms with Crippen molar-refractivity contribution in [2.45, 2.75) is 0 Å². The van der Waals surface area contributed by atoms with Gasteiger partial charge < -0.3 is 0 Å². The van der Waals surface area contributed by atoms with E-state index in [9.17, 15) is 0 Å². The molecule has 2 heterocycles. The van der Waals surface area contributed by atoms with E-state index in [1.165, 1.54) is 0 Å². The molecule has 0 saturated heterocycles. The van der Waals surface area contributed by atoms with Crippen molar-refractivity contribution in [1.82, 2.24) is 24.9 Å². The molecule has 300 valence electrons. The first-order chi connectivity index (χ1) is 31.7. The molecular weight excluding hydrogens is 779 g/mol. The van der Waals surface area contributed by atoms with Crippen molar-refractivity contribution < 1.29 is 0 Å². The molecule has 5 nitrogen and oxygen atoms in total. The summed E-state index contributed by atoms with van der Waals surface area (Å²) in [6, 6.07) is 81.8. The quantitative estimate of drug-likeness (QED) is 0.145. The fourth-order valence-electron chi connectivity index (χ4n) is 8.40. The summed E-state index contributed by atoms with van der Waals surface area (Å²) in [4.78, 5) is 25.6. The number of hydrogen-bond acceptors (Lipinski definition) is 5. The number of aromatic nitrogens is 5. The summed E-state index contributed by atoms with van der Waals surface area (Å²) in [6.07, 6.45) is 0. The van der Waals surface area contributed by atoms with Crippen LogP contribution in [0, 0.1) is 0 Å². The van der Waals surface area contributed by atoms with Crippen LogP contribution in [-0.4, -0.2) is 24.9 Å². The zero-order valence-corrected chi connectivity index (χ0v) is 34.8. The highest BCUT2D eigenvalue weighted by Crippen LogP contribution is 2.40. The highest BCUT2D eigenvalue weighted by Gasteiger charge is 2.19. The summed E-state index contributed by atoms with van der Waals surface area (Å²) in [5.41, 5.74) is 14.1. The van der Waals surface area contributed by atoms with Crippen LogP contribution in [0.4, 0.5) is 0 Å². The lowest BCUT2D eigenvalue weighted by Crippen LogP contribution is -2.01. The molecule has 0 atom stereocenters. The molecule has 11 aromatic rings. The molecule has 0 N–H and O–H groups in total. The first-order valence-electron chi connectivity index (χ1n) is 21.4. The van der Waals surface area contributed by atoms with Crippen LogP contribution in [0.1, 0.15) is 0 Å². The molecule has 5 heteroatoms. The maximum Gasteiger partial charge on any atom is 0.164 e. The Hall–Kier alpha value is -8.67. The van der Waals surface area contributed by atoms with Crippen LogP contribution in [-0.2, 0) is 0 Å². The Bertz CT molecular complexity index is 3290. The van der Waals surface area contributed by atoms with Gasteiger partial charge in [0.2, 0.25) is 0 Å². The SMILES string of the molecule is c1ccc(-c2cc(-c3ccccc3)nc(-c3ccccc3-c3cccc(-c4ccc(-c5c(-c6nc(-c7ccccc7)nc(-c7ccccc7)n6)ccc6ccccc56)cc4)c3)n2)cc1. The van der Waals surface area contributed by atoms with E-state index in [4.69, 9.17) is 24.9 Å². The fourth-order valence-corrected chi connectivity index (χ4v) is 8.40. The number of fused-ring (bicyclic) bond motifs is 1. The average Bonchev–Trinajstić information content (AvgIpc) is 3.39. The monoisotopic (exact) mass is 817 g/mol. The number of rotatable bonds is 9. The largest absolute Gasteiger partial charge is 0.228 e. The van der Waals surface area contributed by atoms with Crippen molar-refractivity contribution in [2.24, 2.45) is 0 Å². The Balaban J connectivity index is 0.991. The van der Waals surface area contributed by atoms with E-state index in [-0.39, 0.29) is 0 Å². The van der Waals surface area contributed by atoms with Crippen LogP contribution in [0.2, 0.25) is 0 Å². The maximum absolute atomic E-state index is 5.17. The highest BCUT2D eigenvalue weighted by atomic mass is 15.0. The summed E-state index contributed by atoms with van der Waals surface area (Å²) in [5, 5.41) is 2.27. The van der Waals surface area contributed by atoms with Gasteiger partial charge in [-0.05, 0) is 56.8 Å². The van der Waals surface area contributed by atoms with Gasteiger partial charge in [-0.15, -0.1) is 0 Å². The predicted octanol–water partition coefficient (Wildman–Crippen LogP) is 14.8. The second-order valence-electron chi connectivity index (χ2n) is 15.6. The molecule has 0 radical (unpaired) electrons. The molecule has 0 spiro atoms. The Labute approximate surface area is 372 Å². The topological polar surface area (TPSA) is 64.5 Å². The lowest BCUT2D eigenvalue weighted by Gasteiger charge is -2.15. The summed E-state index contributed by atoms with van der Waals surface area (Å²) in [6.45, 7) is 0. The molecule has 9 aromatic carbocycles. The molecule has 0 bridgehead atoms. The normalized spacial score (nSPS) is 11.1. The summed E-state index contributed by atoms with van der Waals surface area (Å²) in [7, 11) is 0. The molecule has 0 aliphatic heterocycles. The van der Waals surface area contributed by atoms with Crippen molar-refractivity contribution in [1.29, 1.82) is 0 Å². The van der Waals surface area contributed by atoms with Gasteiger partial charge >= 0.3 is 0 Å². The van der Waals surface area contributed by atoms with Gasteiger partial charge in [-0.1, -0.05) is 218 Å². The molecule has 0 saturated carbocycles. The van der Waals surface area contributed by atoms with Crippen LogP contribution < -0.4 is 0 Å². The lowest BCUT2D eigenvalue weighted by molar-refractivity contribution is 1.07. The predicted molar refractivity (Wildman–Crippen MR) is 262 cm³/mol. The maximum atomic E-state index is 5.17. The van der Waals surface area contributed by atoms with Crippen LogP contribution in [0.15, 0.2) is 237 Å². The molecular formula is C59H39N5. The van der Waals surface area contributed by atoms with Crippen LogP contribution in [0.25, 0.3) is 112 Å². The van der Waals surface area contributed by atoms with Crippen molar-refractivity contribution in [3.63, 3.8) is 0 Å². The first kappa shape index (κ1) is 38.3. The van der Waals surface area contributed by atoms with Crippen molar-refractivity contribution >= 4 is 10.8 Å². The van der Waals surface area contributed by atoms with Crippen LogP contribution in [0.5, 0.6) is 0 Å². The van der Waals surface area contributed by atoms with Gasteiger partial charge in [0, 0.05) is 38.9 Å². The van der Waals surface area contributed by atoms with E-state index in [0.717, 1.165) is 88.9 Å². The Morgan fingerprint density at radius 2 is 0.672 bits per heavy atom. The molecule has 2 aromatic heterocycles. The minimum atomic E-state index is 0.623. The second kappa shape index (κ2) is 17.0. The summed E-state index contributed by atoms with van der Waals surface area (Å²) >= 11 is 0. The van der Waals surface area contributed by atoms with E-state index in [1.54, 1.807) is 0 Å². The van der Waals surface area contributed by atoms with Gasteiger partial charge in [-0.2, -0.15) is 0 Å². The molecule has 0 unspecified atom stereocenters. The average molecular weight is 818 g/mol. The van der Waals surface area contributed by atoms with E-state index in [2.05, 4.69) is 140 Å². The van der Waals surface area contributed by atoms with Gasteiger partial charge in [0.25, 0.3) is 0 Å². The molecule has 0 aliphatic carbocycles. The van der Waals surface area contributed by atoms with Gasteiger partial charge in [-0.3, -0.25) is 0 Å². The third-order valence-corrected chi connectivity index (χ3v) is 11.6. The van der Waals surface area contributed by atoms with Gasteiger partial charge in [0.1, 0.15) is 0 Å². The summed E-state index contributed by atoms with van der Waals surface area (Å²) in [5.74, 6) is 2.57. The van der Waals surface area contributed by atoms with Crippen molar-refractivity contribution in [3.05, 3.63) is 237 Å². The second-order valence-corrected chi connectivity index (χ2v) is 15.6. The zero-order valence-electron chi connectivity index (χ0n) is 34.8. The Morgan fingerprint density at radius 3 is 1.28 bits per heavy atom. The molecule has 64 heavy (non-hydrogen) atoms. The lowest BCUT2D eigenvalue weighted by atomic mass is 9.91. The van der Waals surface area contributed by atoms with Crippen molar-refractivity contribution in [3.8, 4) is 101 Å². The van der Waals surface area contributed by atoms with Crippen LogP contribution in [0.3, 0.4) is 0 Å². The zero-order chi connectivity index (χ0) is 42.7. The molecule has 11 rings (SSSR count). The van der Waals surface area contributed by atoms with E-state index in [1.807, 2.05) is 97.1 Å². The van der Waals surface area contributed by atoms with E-state index < -0.39 is 0 Å². The third-order valence-electron chi connectivity index (χ3n) is 11.6. The molecule has 0 amide bonds. The Kier molecular flexibility index (Phi) is 10.2. The van der Waals surface area contributed by atoms with Crippen LogP contribution >= 0.6 is 0 Å². The number of hydrogen-bond donors (Lipinski definition) is 0. The summed E-state index contributed by atoms with van der Waals surface area (Å²) < 4.78 is 0. The Morgan fingerprint density at radius 1 is 0.219 bits per heavy atom. The number of benzene rings is 9. The minimum Gasteiger partial charge on any atom is -0.228 e. The highest BCUT2D eigenvalue weighted by molar-refractivity contribution is 6.03. The smallest absolute Gasteiger partial charge is 0.164 e. The van der Waals surface area contributed by atoms with Gasteiger partial charge in [-0.25, -0.2) is 24.9 Å². The minimum absolute atomic E-state index is 0.623. The van der Waals surface area contributed by atoms with Gasteiger partial charge in [0.15, 0.2) is 23.3 Å². The van der Waals surface area contributed by atoms with Crippen molar-refractivity contribution in [2.75, 3.05) is 0 Å². The molecule has 0 aliphatic rings. The standard InChI is InChI=1S/C59H39N5/c1-5-19-42(20-6-1)53-39-54(43-21-7-2-8-22-43)61-58(60-53)51-31-16-15-29-49(51)48-28-17-27-47(38-48)40-32-34-44(35-33-40)55-50-30-14-13-18-41(50)36-37-52(55)59-63-56(45-23-9-3-10-24-45)62-57(64-59)46-25-11-4-12-26-46/h1-39H. The first-order valence-corrected chi connectivity index (χ1v) is 21.4. The number of nitrogens with zero attached hydrogens (tertiary/aromatic N) is 5. The fraction of sp³-hybridized carbons (Fsp3) is 0.